The van der Waals surface area contributed by atoms with Crippen molar-refractivity contribution in [2.24, 2.45) is 0 Å². The molecule has 2 aromatic rings. The van der Waals surface area contributed by atoms with E-state index in [0.29, 0.717) is 6.54 Å². The quantitative estimate of drug-likeness (QED) is 0.942. The zero-order valence-corrected chi connectivity index (χ0v) is 11.4. The molecule has 1 heterocycles. The van der Waals surface area contributed by atoms with E-state index in [9.17, 15) is 0 Å². The molecule has 0 fully saturated rings. The predicted molar refractivity (Wildman–Crippen MR) is 68.4 cm³/mol. The van der Waals surface area contributed by atoms with Crippen LogP contribution in [-0.4, -0.2) is 10.3 Å². The number of nitrogens with one attached hydrogen (secondary N) is 1. The lowest BCUT2D eigenvalue weighted by Crippen LogP contribution is -2.18. The number of nitrogens with zero attached hydrogens (tertiary/aromatic N) is 2. The van der Waals surface area contributed by atoms with Crippen LogP contribution in [-0.2, 0) is 6.54 Å². The molecule has 4 nitrogen and oxygen atoms in total. The van der Waals surface area contributed by atoms with Gasteiger partial charge in [0.05, 0.1) is 0 Å². The zero-order chi connectivity index (χ0) is 12.3. The summed E-state index contributed by atoms with van der Waals surface area (Å²) < 4.78 is 5.74. The third-order valence-corrected chi connectivity index (χ3v) is 3.16. The lowest BCUT2D eigenvalue weighted by molar-refractivity contribution is 0.300. The lowest BCUT2D eigenvalue weighted by Gasteiger charge is -2.13. The molecule has 0 saturated heterocycles. The Morgan fingerprint density at radius 3 is 2.88 bits per heavy atom. The van der Waals surface area contributed by atoms with Crippen molar-refractivity contribution in [2.45, 2.75) is 26.4 Å². The molecule has 0 aliphatic carbocycles. The first-order valence-electron chi connectivity index (χ1n) is 5.43. The second-order valence-electron chi connectivity index (χ2n) is 3.95. The minimum atomic E-state index is 0.253. The Morgan fingerprint density at radius 1 is 1.41 bits per heavy atom. The number of rotatable bonds is 4. The van der Waals surface area contributed by atoms with Crippen molar-refractivity contribution >= 4 is 15.9 Å². The fraction of sp³-hybridized carbons (Fsp3) is 0.333. The van der Waals surface area contributed by atoms with Gasteiger partial charge in [0.1, 0.15) is 11.4 Å². The Morgan fingerprint density at radius 2 is 2.24 bits per heavy atom. The van der Waals surface area contributed by atoms with E-state index < -0.39 is 0 Å². The summed E-state index contributed by atoms with van der Waals surface area (Å²) >= 11 is 3.47. The minimum absolute atomic E-state index is 0.253. The summed E-state index contributed by atoms with van der Waals surface area (Å²) in [6.45, 7) is 4.66. The van der Waals surface area contributed by atoms with Crippen LogP contribution in [0.3, 0.4) is 0 Å². The molecule has 0 unspecified atom stereocenters. The Balaban J connectivity index is 1.98. The average molecular weight is 296 g/mol. The lowest BCUT2D eigenvalue weighted by atomic mass is 10.1. The number of aromatic nitrogens is 2. The van der Waals surface area contributed by atoms with Crippen LogP contribution in [0.15, 0.2) is 33.4 Å². The van der Waals surface area contributed by atoms with Crippen LogP contribution >= 0.6 is 15.9 Å². The molecule has 1 N–H and O–H groups in total. The van der Waals surface area contributed by atoms with Crippen LogP contribution in [0.4, 0.5) is 0 Å². The van der Waals surface area contributed by atoms with Crippen molar-refractivity contribution in [1.82, 2.24) is 15.6 Å². The van der Waals surface area contributed by atoms with Gasteiger partial charge in [-0.25, -0.2) is 4.63 Å². The molecule has 0 bridgehead atoms. The fourth-order valence-corrected chi connectivity index (χ4v) is 1.97. The maximum atomic E-state index is 4.65. The number of benzene rings is 1. The van der Waals surface area contributed by atoms with Crippen LogP contribution in [0.1, 0.15) is 29.9 Å². The second-order valence-corrected chi connectivity index (χ2v) is 4.87. The van der Waals surface area contributed by atoms with E-state index in [1.165, 1.54) is 5.56 Å². The minimum Gasteiger partial charge on any atom is -0.304 e. The molecule has 2 rings (SSSR count). The molecular formula is C12H14BrN3O. The van der Waals surface area contributed by atoms with E-state index in [1.807, 2.05) is 19.1 Å². The number of hydrogen-bond donors (Lipinski definition) is 1. The molecule has 0 saturated carbocycles. The maximum absolute atomic E-state index is 4.65. The Labute approximate surface area is 109 Å². The number of aryl methyl sites for hydroxylation is 1. The van der Waals surface area contributed by atoms with Gasteiger partial charge in [0.2, 0.25) is 0 Å². The van der Waals surface area contributed by atoms with Crippen molar-refractivity contribution in [2.75, 3.05) is 0 Å². The highest BCUT2D eigenvalue weighted by molar-refractivity contribution is 9.10. The van der Waals surface area contributed by atoms with Crippen molar-refractivity contribution in [3.05, 3.63) is 45.7 Å². The Bertz CT molecular complexity index is 498. The van der Waals surface area contributed by atoms with Gasteiger partial charge in [-0.15, -0.1) is 0 Å². The molecule has 5 heteroatoms. The molecule has 90 valence electrons. The molecular weight excluding hydrogens is 282 g/mol. The highest BCUT2D eigenvalue weighted by atomic mass is 79.9. The monoisotopic (exact) mass is 295 g/mol. The first-order chi connectivity index (χ1) is 8.16. The molecule has 0 spiro atoms. The third-order valence-electron chi connectivity index (χ3n) is 2.67. The van der Waals surface area contributed by atoms with Crippen molar-refractivity contribution < 1.29 is 4.63 Å². The summed E-state index contributed by atoms with van der Waals surface area (Å²) in [5.74, 6) is 0. The number of halogens is 1. The van der Waals surface area contributed by atoms with Crippen LogP contribution in [0.2, 0.25) is 0 Å². The zero-order valence-electron chi connectivity index (χ0n) is 9.77. The first-order valence-corrected chi connectivity index (χ1v) is 6.23. The van der Waals surface area contributed by atoms with Gasteiger partial charge >= 0.3 is 0 Å². The maximum Gasteiger partial charge on any atom is 0.121 e. The smallest absolute Gasteiger partial charge is 0.121 e. The Kier molecular flexibility index (Phi) is 3.91. The molecule has 1 atom stereocenters. The van der Waals surface area contributed by atoms with E-state index in [2.05, 4.69) is 55.2 Å². The normalized spacial score (nSPS) is 12.6. The van der Waals surface area contributed by atoms with Gasteiger partial charge in [-0.2, -0.15) is 0 Å². The molecule has 0 radical (unpaired) electrons. The van der Waals surface area contributed by atoms with Crippen LogP contribution in [0, 0.1) is 6.92 Å². The van der Waals surface area contributed by atoms with Crippen molar-refractivity contribution in [3.8, 4) is 0 Å². The van der Waals surface area contributed by atoms with E-state index in [-0.39, 0.29) is 6.04 Å². The van der Waals surface area contributed by atoms with Crippen LogP contribution < -0.4 is 5.32 Å². The molecule has 0 aliphatic rings. The van der Waals surface area contributed by atoms with E-state index in [4.69, 9.17) is 0 Å². The first kappa shape index (κ1) is 12.3. The highest BCUT2D eigenvalue weighted by Gasteiger charge is 2.09. The van der Waals surface area contributed by atoms with Gasteiger partial charge in [0.25, 0.3) is 0 Å². The van der Waals surface area contributed by atoms with Crippen molar-refractivity contribution in [3.63, 3.8) is 0 Å². The third kappa shape index (κ3) is 3.14. The largest absolute Gasteiger partial charge is 0.304 e. The van der Waals surface area contributed by atoms with Gasteiger partial charge in [0, 0.05) is 17.1 Å². The summed E-state index contributed by atoms with van der Waals surface area (Å²) in [4.78, 5) is 0. The molecule has 0 amide bonds. The molecule has 1 aromatic heterocycles. The van der Waals surface area contributed by atoms with Gasteiger partial charge in [0.15, 0.2) is 0 Å². The summed E-state index contributed by atoms with van der Waals surface area (Å²) in [7, 11) is 0. The van der Waals surface area contributed by atoms with E-state index in [0.717, 1.165) is 15.9 Å². The summed E-state index contributed by atoms with van der Waals surface area (Å²) in [5, 5.41) is 11.0. The van der Waals surface area contributed by atoms with Gasteiger partial charge < -0.3 is 5.32 Å². The summed E-state index contributed by atoms with van der Waals surface area (Å²) in [6, 6.07) is 8.49. The highest BCUT2D eigenvalue weighted by Crippen LogP contribution is 2.18. The standard InChI is InChI=1S/C12H14BrN3O/c1-8(10-4-3-5-11(13)6-10)14-7-12-9(2)15-17-16-12/h3-6,8,14H,7H2,1-2H3/t8-/m0/s1. The average Bonchev–Trinajstić information content (AvgIpc) is 2.72. The van der Waals surface area contributed by atoms with Crippen LogP contribution in [0.5, 0.6) is 0 Å². The SMILES string of the molecule is Cc1nonc1CN[C@@H](C)c1cccc(Br)c1. The number of hydrogen-bond acceptors (Lipinski definition) is 4. The fourth-order valence-electron chi connectivity index (χ4n) is 1.55. The van der Waals surface area contributed by atoms with Gasteiger partial charge in [-0.05, 0) is 31.5 Å². The molecule has 17 heavy (non-hydrogen) atoms. The molecule has 0 aliphatic heterocycles. The van der Waals surface area contributed by atoms with Gasteiger partial charge in [-0.3, -0.25) is 0 Å². The predicted octanol–water partition coefficient (Wildman–Crippen LogP) is 2.99. The summed E-state index contributed by atoms with van der Waals surface area (Å²) in [6.07, 6.45) is 0. The van der Waals surface area contributed by atoms with Crippen molar-refractivity contribution in [1.29, 1.82) is 0 Å². The van der Waals surface area contributed by atoms with Gasteiger partial charge in [-0.1, -0.05) is 38.4 Å². The van der Waals surface area contributed by atoms with Crippen LogP contribution in [0.25, 0.3) is 0 Å². The topological polar surface area (TPSA) is 51.0 Å². The van der Waals surface area contributed by atoms with E-state index >= 15 is 0 Å². The Hall–Kier alpha value is -1.20. The van der Waals surface area contributed by atoms with E-state index in [1.54, 1.807) is 0 Å². The molecule has 1 aromatic carbocycles. The summed E-state index contributed by atoms with van der Waals surface area (Å²) in [5.41, 5.74) is 2.92. The second kappa shape index (κ2) is 5.42.